The highest BCUT2D eigenvalue weighted by molar-refractivity contribution is 6.31. The van der Waals surface area contributed by atoms with Gasteiger partial charge in [0.25, 0.3) is 0 Å². The van der Waals surface area contributed by atoms with Crippen LogP contribution < -0.4 is 10.6 Å². The normalized spacial score (nSPS) is 10.6. The lowest BCUT2D eigenvalue weighted by Gasteiger charge is -2.26. The van der Waals surface area contributed by atoms with Gasteiger partial charge in [-0.3, -0.25) is 0 Å². The van der Waals surface area contributed by atoms with Gasteiger partial charge >= 0.3 is 0 Å². The van der Waals surface area contributed by atoms with Crippen molar-refractivity contribution in [1.29, 1.82) is 0 Å². The molecule has 0 aromatic heterocycles. The summed E-state index contributed by atoms with van der Waals surface area (Å²) in [5.41, 5.74) is 10.4. The van der Waals surface area contributed by atoms with E-state index < -0.39 is 0 Å². The van der Waals surface area contributed by atoms with Crippen LogP contribution in [0.15, 0.2) is 42.5 Å². The van der Waals surface area contributed by atoms with Crippen LogP contribution in [0.25, 0.3) is 0 Å². The molecule has 0 saturated heterocycles. The molecule has 0 heterocycles. The maximum Gasteiger partial charge on any atom is 0.0459 e. The molecule has 0 amide bonds. The van der Waals surface area contributed by atoms with E-state index in [-0.39, 0.29) is 0 Å². The zero-order chi connectivity index (χ0) is 14.5. The van der Waals surface area contributed by atoms with Crippen LogP contribution in [-0.2, 0) is 6.42 Å². The minimum absolute atomic E-state index is 0.599. The SMILES string of the molecule is CCN(c1ccc(C)cc1)c1cccc(Cl)c1CCN. The van der Waals surface area contributed by atoms with Crippen molar-refractivity contribution < 1.29 is 0 Å². The van der Waals surface area contributed by atoms with E-state index in [4.69, 9.17) is 17.3 Å². The molecule has 0 saturated carbocycles. The molecule has 106 valence electrons. The Hall–Kier alpha value is -1.51. The van der Waals surface area contributed by atoms with Crippen LogP contribution >= 0.6 is 11.6 Å². The molecule has 0 aliphatic carbocycles. The van der Waals surface area contributed by atoms with Gasteiger partial charge in [-0.25, -0.2) is 0 Å². The molecule has 2 aromatic rings. The molecule has 0 spiro atoms. The third-order valence-corrected chi connectivity index (χ3v) is 3.80. The van der Waals surface area contributed by atoms with Crippen LogP contribution in [0.4, 0.5) is 11.4 Å². The molecule has 0 atom stereocenters. The van der Waals surface area contributed by atoms with Gasteiger partial charge in [0.1, 0.15) is 0 Å². The van der Waals surface area contributed by atoms with Gasteiger partial charge < -0.3 is 10.6 Å². The summed E-state index contributed by atoms with van der Waals surface area (Å²) in [7, 11) is 0. The van der Waals surface area contributed by atoms with Crippen molar-refractivity contribution in [2.75, 3.05) is 18.0 Å². The van der Waals surface area contributed by atoms with E-state index in [0.717, 1.165) is 29.2 Å². The fourth-order valence-corrected chi connectivity index (χ4v) is 2.67. The molecule has 0 radical (unpaired) electrons. The monoisotopic (exact) mass is 288 g/mol. The number of rotatable bonds is 5. The minimum atomic E-state index is 0.599. The van der Waals surface area contributed by atoms with Crippen molar-refractivity contribution in [3.63, 3.8) is 0 Å². The van der Waals surface area contributed by atoms with Crippen molar-refractivity contribution in [3.8, 4) is 0 Å². The van der Waals surface area contributed by atoms with Gasteiger partial charge in [0.05, 0.1) is 0 Å². The van der Waals surface area contributed by atoms with Gasteiger partial charge in [0, 0.05) is 22.9 Å². The first-order valence-electron chi connectivity index (χ1n) is 6.99. The van der Waals surface area contributed by atoms with Gasteiger partial charge in [-0.2, -0.15) is 0 Å². The molecule has 20 heavy (non-hydrogen) atoms. The van der Waals surface area contributed by atoms with Crippen molar-refractivity contribution in [3.05, 3.63) is 58.6 Å². The lowest BCUT2D eigenvalue weighted by Crippen LogP contribution is -2.19. The van der Waals surface area contributed by atoms with E-state index in [1.165, 1.54) is 11.3 Å². The summed E-state index contributed by atoms with van der Waals surface area (Å²) in [6.45, 7) is 5.73. The lowest BCUT2D eigenvalue weighted by molar-refractivity contribution is 0.942. The van der Waals surface area contributed by atoms with E-state index in [1.807, 2.05) is 12.1 Å². The first-order chi connectivity index (χ1) is 9.67. The Kier molecular flexibility index (Phi) is 5.05. The Morgan fingerprint density at radius 2 is 1.80 bits per heavy atom. The number of aryl methyl sites for hydroxylation is 1. The van der Waals surface area contributed by atoms with Gasteiger partial charge in [0.15, 0.2) is 0 Å². The second-order valence-corrected chi connectivity index (χ2v) is 5.26. The van der Waals surface area contributed by atoms with Crippen molar-refractivity contribution in [2.24, 2.45) is 5.73 Å². The summed E-state index contributed by atoms with van der Waals surface area (Å²) in [5.74, 6) is 0. The number of nitrogens with two attached hydrogens (primary N) is 1. The second-order valence-electron chi connectivity index (χ2n) is 4.86. The van der Waals surface area contributed by atoms with Crippen molar-refractivity contribution >= 4 is 23.0 Å². The predicted molar refractivity (Wildman–Crippen MR) is 88.1 cm³/mol. The molecule has 0 aliphatic heterocycles. The highest BCUT2D eigenvalue weighted by atomic mass is 35.5. The molecular weight excluding hydrogens is 268 g/mol. The smallest absolute Gasteiger partial charge is 0.0459 e. The van der Waals surface area contributed by atoms with E-state index in [9.17, 15) is 0 Å². The Morgan fingerprint density at radius 3 is 2.40 bits per heavy atom. The average molecular weight is 289 g/mol. The maximum absolute atomic E-state index is 6.34. The molecule has 0 bridgehead atoms. The molecule has 0 aliphatic rings. The van der Waals surface area contributed by atoms with Crippen LogP contribution in [0, 0.1) is 6.92 Å². The molecule has 2 N–H and O–H groups in total. The largest absolute Gasteiger partial charge is 0.342 e. The topological polar surface area (TPSA) is 29.3 Å². The molecule has 0 fully saturated rings. The minimum Gasteiger partial charge on any atom is -0.342 e. The predicted octanol–water partition coefficient (Wildman–Crippen LogP) is 4.31. The molecule has 2 nitrogen and oxygen atoms in total. The maximum atomic E-state index is 6.34. The third kappa shape index (κ3) is 3.14. The number of benzene rings is 2. The molecule has 3 heteroatoms. The summed E-state index contributed by atoms with van der Waals surface area (Å²) >= 11 is 6.34. The zero-order valence-corrected chi connectivity index (χ0v) is 12.8. The number of hydrogen-bond donors (Lipinski definition) is 1. The van der Waals surface area contributed by atoms with Crippen molar-refractivity contribution in [2.45, 2.75) is 20.3 Å². The van der Waals surface area contributed by atoms with E-state index in [2.05, 4.69) is 49.1 Å². The van der Waals surface area contributed by atoms with Crippen LogP contribution in [0.3, 0.4) is 0 Å². The summed E-state index contributed by atoms with van der Waals surface area (Å²) in [6.07, 6.45) is 0.789. The number of hydrogen-bond acceptors (Lipinski definition) is 2. The van der Waals surface area contributed by atoms with Crippen molar-refractivity contribution in [1.82, 2.24) is 0 Å². The zero-order valence-electron chi connectivity index (χ0n) is 12.1. The van der Waals surface area contributed by atoms with E-state index in [1.54, 1.807) is 0 Å². The summed E-state index contributed by atoms with van der Waals surface area (Å²) in [6, 6.07) is 14.6. The molecule has 0 unspecified atom stereocenters. The van der Waals surface area contributed by atoms with Crippen LogP contribution in [0.1, 0.15) is 18.1 Å². The lowest BCUT2D eigenvalue weighted by atomic mass is 10.1. The van der Waals surface area contributed by atoms with E-state index >= 15 is 0 Å². The van der Waals surface area contributed by atoms with Crippen LogP contribution in [-0.4, -0.2) is 13.1 Å². The van der Waals surface area contributed by atoms with Gasteiger partial charge in [-0.15, -0.1) is 0 Å². The number of halogens is 1. The highest BCUT2D eigenvalue weighted by Crippen LogP contribution is 2.32. The Labute approximate surface area is 126 Å². The molecule has 2 aromatic carbocycles. The quantitative estimate of drug-likeness (QED) is 0.888. The summed E-state index contributed by atoms with van der Waals surface area (Å²) in [4.78, 5) is 2.27. The number of nitrogens with zero attached hydrogens (tertiary/aromatic N) is 1. The summed E-state index contributed by atoms with van der Waals surface area (Å²) < 4.78 is 0. The Morgan fingerprint density at radius 1 is 1.10 bits per heavy atom. The summed E-state index contributed by atoms with van der Waals surface area (Å²) in [5, 5.41) is 0.790. The first-order valence-corrected chi connectivity index (χ1v) is 7.36. The first kappa shape index (κ1) is 14.9. The van der Waals surface area contributed by atoms with Crippen LogP contribution in [0.2, 0.25) is 5.02 Å². The fraction of sp³-hybridized carbons (Fsp3) is 0.294. The molecule has 2 rings (SSSR count). The fourth-order valence-electron chi connectivity index (χ4n) is 2.41. The number of anilines is 2. The van der Waals surface area contributed by atoms with Gasteiger partial charge in [-0.1, -0.05) is 35.4 Å². The Bertz CT molecular complexity index is 564. The van der Waals surface area contributed by atoms with Crippen LogP contribution in [0.5, 0.6) is 0 Å². The van der Waals surface area contributed by atoms with Gasteiger partial charge in [-0.05, 0) is 56.6 Å². The standard InChI is InChI=1S/C17H21ClN2/c1-3-20(14-9-7-13(2)8-10-14)17-6-4-5-16(18)15(17)11-12-19/h4-10H,3,11-12,19H2,1-2H3. The van der Waals surface area contributed by atoms with E-state index in [0.29, 0.717) is 6.54 Å². The molecular formula is C17H21ClN2. The average Bonchev–Trinajstić information content (AvgIpc) is 2.45. The Balaban J connectivity index is 2.46. The highest BCUT2D eigenvalue weighted by Gasteiger charge is 2.13. The third-order valence-electron chi connectivity index (χ3n) is 3.44. The second kappa shape index (κ2) is 6.78. The van der Waals surface area contributed by atoms with Gasteiger partial charge in [0.2, 0.25) is 0 Å².